The number of aromatic nitrogens is 1. The Morgan fingerprint density at radius 3 is 2.45 bits per heavy atom. The fourth-order valence-electron chi connectivity index (χ4n) is 3.62. The summed E-state index contributed by atoms with van der Waals surface area (Å²) in [5, 5.41) is 3.02. The molecule has 7 heteroatoms. The van der Waals surface area contributed by atoms with Crippen molar-refractivity contribution in [3.8, 4) is 0 Å². The number of pyridine rings is 1. The largest absolute Gasteiger partial charge is 0.368 e. The molecule has 29 heavy (non-hydrogen) atoms. The molecule has 0 bridgehead atoms. The Morgan fingerprint density at radius 1 is 1.10 bits per heavy atom. The van der Waals surface area contributed by atoms with Crippen LogP contribution in [-0.4, -0.2) is 47.9 Å². The highest BCUT2D eigenvalue weighted by molar-refractivity contribution is 9.10. The summed E-state index contributed by atoms with van der Waals surface area (Å²) >= 11 is 3.43. The van der Waals surface area contributed by atoms with Gasteiger partial charge in [-0.2, -0.15) is 0 Å². The second-order valence-electron chi connectivity index (χ2n) is 7.73. The zero-order valence-electron chi connectivity index (χ0n) is 16.5. The third-order valence-corrected chi connectivity index (χ3v) is 6.11. The van der Waals surface area contributed by atoms with Gasteiger partial charge >= 0.3 is 0 Å². The SMILES string of the molecule is C[C@@H](NC(=O)c1cc(N2CCN(C(=O)C3CC3)CC2)ccn1)c1ccc(Br)cc1. The molecule has 2 heterocycles. The molecule has 2 amide bonds. The molecule has 1 N–H and O–H groups in total. The minimum absolute atomic E-state index is 0.113. The third-order valence-electron chi connectivity index (χ3n) is 5.58. The number of hydrogen-bond donors (Lipinski definition) is 1. The average Bonchev–Trinajstić information content (AvgIpc) is 3.59. The Balaban J connectivity index is 1.37. The number of piperazine rings is 1. The van der Waals surface area contributed by atoms with Crippen LogP contribution in [0.5, 0.6) is 0 Å². The maximum atomic E-state index is 12.7. The van der Waals surface area contributed by atoms with Crippen molar-refractivity contribution in [1.29, 1.82) is 0 Å². The molecule has 2 aromatic rings. The van der Waals surface area contributed by atoms with Gasteiger partial charge in [0.25, 0.3) is 5.91 Å². The lowest BCUT2D eigenvalue weighted by Crippen LogP contribution is -2.49. The maximum Gasteiger partial charge on any atom is 0.270 e. The summed E-state index contributed by atoms with van der Waals surface area (Å²) in [6, 6.07) is 11.5. The lowest BCUT2D eigenvalue weighted by molar-refractivity contribution is -0.132. The average molecular weight is 457 g/mol. The number of anilines is 1. The number of rotatable bonds is 5. The summed E-state index contributed by atoms with van der Waals surface area (Å²) < 4.78 is 1.01. The van der Waals surface area contributed by atoms with Crippen LogP contribution in [0.25, 0.3) is 0 Å². The molecule has 1 aromatic heterocycles. The van der Waals surface area contributed by atoms with Crippen LogP contribution in [0, 0.1) is 5.92 Å². The quantitative estimate of drug-likeness (QED) is 0.748. The molecule has 0 spiro atoms. The van der Waals surface area contributed by atoms with Gasteiger partial charge in [-0.1, -0.05) is 28.1 Å². The van der Waals surface area contributed by atoms with Crippen LogP contribution in [-0.2, 0) is 4.79 Å². The molecule has 2 fully saturated rings. The van der Waals surface area contributed by atoms with E-state index in [-0.39, 0.29) is 17.9 Å². The first-order valence-corrected chi connectivity index (χ1v) is 10.9. The Kier molecular flexibility index (Phi) is 5.85. The van der Waals surface area contributed by atoms with Crippen molar-refractivity contribution in [3.05, 3.63) is 58.3 Å². The van der Waals surface area contributed by atoms with Gasteiger partial charge in [-0.3, -0.25) is 14.6 Å². The van der Waals surface area contributed by atoms with Gasteiger partial charge in [0, 0.05) is 48.5 Å². The number of nitrogens with zero attached hydrogens (tertiary/aromatic N) is 3. The van der Waals surface area contributed by atoms with Crippen LogP contribution in [0.1, 0.15) is 41.9 Å². The highest BCUT2D eigenvalue weighted by Crippen LogP contribution is 2.31. The Bertz CT molecular complexity index is 890. The van der Waals surface area contributed by atoms with E-state index in [0.717, 1.165) is 54.7 Å². The highest BCUT2D eigenvalue weighted by Gasteiger charge is 2.34. The van der Waals surface area contributed by atoms with E-state index in [1.54, 1.807) is 6.20 Å². The zero-order valence-corrected chi connectivity index (χ0v) is 18.1. The molecule has 0 radical (unpaired) electrons. The van der Waals surface area contributed by atoms with E-state index in [9.17, 15) is 9.59 Å². The van der Waals surface area contributed by atoms with Crippen molar-refractivity contribution < 1.29 is 9.59 Å². The number of carbonyl (C=O) groups excluding carboxylic acids is 2. The molecular weight excluding hydrogens is 432 g/mol. The standard InChI is InChI=1S/C22H25BrN4O2/c1-15(16-4-6-18(23)7-5-16)25-21(28)20-14-19(8-9-24-20)26-10-12-27(13-11-26)22(29)17-2-3-17/h4-9,14-15,17H,2-3,10-13H2,1H3,(H,25,28)/t15-/m1/s1. The van der Waals surface area contributed by atoms with Crippen molar-refractivity contribution in [3.63, 3.8) is 0 Å². The molecule has 0 unspecified atom stereocenters. The van der Waals surface area contributed by atoms with Crippen LogP contribution < -0.4 is 10.2 Å². The second kappa shape index (κ2) is 8.53. The number of halogens is 1. The first-order chi connectivity index (χ1) is 14.0. The Morgan fingerprint density at radius 2 is 1.79 bits per heavy atom. The second-order valence-corrected chi connectivity index (χ2v) is 8.65. The number of hydrogen-bond acceptors (Lipinski definition) is 4. The fourth-order valence-corrected chi connectivity index (χ4v) is 3.88. The van der Waals surface area contributed by atoms with Gasteiger partial charge in [0.05, 0.1) is 6.04 Å². The van der Waals surface area contributed by atoms with Crippen molar-refractivity contribution in [1.82, 2.24) is 15.2 Å². The van der Waals surface area contributed by atoms with Crippen molar-refractivity contribution in [2.45, 2.75) is 25.8 Å². The molecule has 1 aliphatic heterocycles. The molecule has 1 saturated heterocycles. The minimum Gasteiger partial charge on any atom is -0.368 e. The molecule has 4 rings (SSSR count). The lowest BCUT2D eigenvalue weighted by Gasteiger charge is -2.36. The van der Waals surface area contributed by atoms with E-state index in [1.165, 1.54) is 0 Å². The molecule has 1 saturated carbocycles. The van der Waals surface area contributed by atoms with E-state index in [2.05, 4.69) is 31.1 Å². The Hall–Kier alpha value is -2.41. The Labute approximate surface area is 179 Å². The summed E-state index contributed by atoms with van der Waals surface area (Å²) in [6.07, 6.45) is 3.76. The zero-order chi connectivity index (χ0) is 20.4. The number of carbonyl (C=O) groups is 2. The molecule has 1 aliphatic carbocycles. The van der Waals surface area contributed by atoms with Gasteiger partial charge < -0.3 is 15.1 Å². The van der Waals surface area contributed by atoms with Crippen LogP contribution in [0.2, 0.25) is 0 Å². The number of benzene rings is 1. The summed E-state index contributed by atoms with van der Waals surface area (Å²) in [5.74, 6) is 0.386. The number of amides is 2. The maximum absolute atomic E-state index is 12.7. The third kappa shape index (κ3) is 4.78. The van der Waals surface area contributed by atoms with Crippen molar-refractivity contribution in [2.24, 2.45) is 5.92 Å². The predicted molar refractivity (Wildman–Crippen MR) is 116 cm³/mol. The summed E-state index contributed by atoms with van der Waals surface area (Å²) in [4.78, 5) is 33.4. The van der Waals surface area contributed by atoms with E-state index >= 15 is 0 Å². The van der Waals surface area contributed by atoms with Crippen molar-refractivity contribution in [2.75, 3.05) is 31.1 Å². The van der Waals surface area contributed by atoms with E-state index in [4.69, 9.17) is 0 Å². The first-order valence-electron chi connectivity index (χ1n) is 10.1. The van der Waals surface area contributed by atoms with Gasteiger partial charge in [-0.25, -0.2) is 0 Å². The monoisotopic (exact) mass is 456 g/mol. The van der Waals surface area contributed by atoms with Crippen LogP contribution in [0.3, 0.4) is 0 Å². The van der Waals surface area contributed by atoms with Gasteiger partial charge in [-0.05, 0) is 49.6 Å². The smallest absolute Gasteiger partial charge is 0.270 e. The topological polar surface area (TPSA) is 65.5 Å². The minimum atomic E-state index is -0.190. The molecule has 2 aliphatic rings. The van der Waals surface area contributed by atoms with Gasteiger partial charge in [0.2, 0.25) is 5.91 Å². The lowest BCUT2D eigenvalue weighted by atomic mass is 10.1. The van der Waals surface area contributed by atoms with Crippen LogP contribution in [0.15, 0.2) is 47.1 Å². The molecule has 6 nitrogen and oxygen atoms in total. The fraction of sp³-hybridized carbons (Fsp3) is 0.409. The summed E-state index contributed by atoms with van der Waals surface area (Å²) in [6.45, 7) is 4.98. The van der Waals surface area contributed by atoms with Crippen LogP contribution >= 0.6 is 15.9 Å². The van der Waals surface area contributed by atoms with E-state index < -0.39 is 0 Å². The normalized spacial score (nSPS) is 17.7. The van der Waals surface area contributed by atoms with E-state index in [0.29, 0.717) is 11.6 Å². The van der Waals surface area contributed by atoms with E-state index in [1.807, 2.05) is 48.2 Å². The van der Waals surface area contributed by atoms with Gasteiger partial charge in [0.1, 0.15) is 5.69 Å². The highest BCUT2D eigenvalue weighted by atomic mass is 79.9. The van der Waals surface area contributed by atoms with Gasteiger partial charge in [0.15, 0.2) is 0 Å². The molecule has 1 aromatic carbocycles. The molecule has 1 atom stereocenters. The van der Waals surface area contributed by atoms with Crippen molar-refractivity contribution >= 4 is 33.4 Å². The van der Waals surface area contributed by atoms with Crippen LogP contribution in [0.4, 0.5) is 5.69 Å². The number of nitrogens with one attached hydrogen (secondary N) is 1. The van der Waals surface area contributed by atoms with Gasteiger partial charge in [-0.15, -0.1) is 0 Å². The molecule has 152 valence electrons. The molecular formula is C22H25BrN4O2. The summed E-state index contributed by atoms with van der Waals surface area (Å²) in [7, 11) is 0. The predicted octanol–water partition coefficient (Wildman–Crippen LogP) is 3.39. The summed E-state index contributed by atoms with van der Waals surface area (Å²) in [5.41, 5.74) is 2.41. The first kappa shape index (κ1) is 19.9.